The minimum absolute atomic E-state index is 0. The minimum atomic E-state index is 0. The average Bonchev–Trinajstić information content (AvgIpc) is 3.37. The summed E-state index contributed by atoms with van der Waals surface area (Å²) in [5, 5.41) is 10.2. The van der Waals surface area contributed by atoms with E-state index in [1.807, 2.05) is 48.5 Å². The SMILES string of the molecule is [Pt+2].c1cc(Oc2cccc(-c3cccc4c3[N-]c3ccccc3CC4)n2)nc(-c2cccc3c2[N-]c2ccccc2CC3)c1. The van der Waals surface area contributed by atoms with Crippen LogP contribution in [0.4, 0.5) is 22.7 Å². The number of pyridine rings is 2. The van der Waals surface area contributed by atoms with Crippen molar-refractivity contribution in [1.82, 2.24) is 9.97 Å². The summed E-state index contributed by atoms with van der Waals surface area (Å²) in [6.07, 6.45) is 3.83. The van der Waals surface area contributed by atoms with Crippen LogP contribution in [-0.2, 0) is 46.7 Å². The second-order valence-electron chi connectivity index (χ2n) is 10.9. The Morgan fingerprint density at radius 2 is 0.841 bits per heavy atom. The third kappa shape index (κ3) is 5.40. The maximum Gasteiger partial charge on any atom is 2.00 e. The molecule has 6 heteroatoms. The van der Waals surface area contributed by atoms with E-state index in [0.29, 0.717) is 11.8 Å². The van der Waals surface area contributed by atoms with Crippen molar-refractivity contribution in [1.29, 1.82) is 0 Å². The zero-order valence-corrected chi connectivity index (χ0v) is 26.2. The van der Waals surface area contributed by atoms with Crippen LogP contribution in [0.15, 0.2) is 121 Å². The number of hydrogen-bond donors (Lipinski definition) is 0. The first-order chi connectivity index (χ1) is 21.3. The molecule has 4 heterocycles. The molecule has 2 aliphatic heterocycles. The molecular formula is C38H28N4OPt. The number of fused-ring (bicyclic) bond motifs is 4. The van der Waals surface area contributed by atoms with Gasteiger partial charge in [-0.05, 0) is 48.9 Å². The predicted octanol–water partition coefficient (Wildman–Crippen LogP) is 10.5. The number of benzene rings is 4. The summed E-state index contributed by atoms with van der Waals surface area (Å²) in [4.78, 5) is 9.80. The largest absolute Gasteiger partial charge is 2.00 e. The van der Waals surface area contributed by atoms with Gasteiger partial charge in [-0.2, -0.15) is 0 Å². The van der Waals surface area contributed by atoms with Crippen molar-refractivity contribution in [3.63, 3.8) is 0 Å². The van der Waals surface area contributed by atoms with Crippen LogP contribution in [0.1, 0.15) is 22.3 Å². The van der Waals surface area contributed by atoms with Crippen molar-refractivity contribution >= 4 is 22.7 Å². The van der Waals surface area contributed by atoms with Crippen molar-refractivity contribution in [2.24, 2.45) is 0 Å². The van der Waals surface area contributed by atoms with Crippen LogP contribution in [-0.4, -0.2) is 9.97 Å². The zero-order chi connectivity index (χ0) is 28.6. The predicted molar refractivity (Wildman–Crippen MR) is 172 cm³/mol. The van der Waals surface area contributed by atoms with Crippen LogP contribution >= 0.6 is 0 Å². The molecular weight excluding hydrogens is 724 g/mol. The van der Waals surface area contributed by atoms with Crippen molar-refractivity contribution in [2.45, 2.75) is 25.7 Å². The smallest absolute Gasteiger partial charge is 0.657 e. The number of aromatic nitrogens is 2. The van der Waals surface area contributed by atoms with Crippen LogP contribution in [0.25, 0.3) is 33.1 Å². The Hall–Kier alpha value is -4.73. The van der Waals surface area contributed by atoms with Gasteiger partial charge >= 0.3 is 21.1 Å². The standard InChI is InChI=1S/C38H28N4O.Pt/c1-3-15-31-25(9-1)21-23-27-11-5-13-29(37(27)41-31)33-17-7-19-35(39-33)43-36-20-8-18-34(40-36)30-14-6-12-28-24-22-26-10-2-4-16-32(26)42-38(28)30;/h1-20H,21-24H2;/q-2;+2. The Bertz CT molecular complexity index is 1850. The van der Waals surface area contributed by atoms with Gasteiger partial charge in [0.15, 0.2) is 0 Å². The second kappa shape index (κ2) is 12.1. The van der Waals surface area contributed by atoms with Gasteiger partial charge in [-0.3, -0.25) is 0 Å². The summed E-state index contributed by atoms with van der Waals surface area (Å²) < 4.78 is 6.27. The van der Waals surface area contributed by atoms with Crippen molar-refractivity contribution in [3.8, 4) is 34.3 Å². The molecule has 0 aliphatic carbocycles. The fraction of sp³-hybridized carbons (Fsp3) is 0.105. The number of hydrogen-bond acceptors (Lipinski definition) is 3. The van der Waals surface area contributed by atoms with E-state index in [0.717, 1.165) is 70.9 Å². The fourth-order valence-electron chi connectivity index (χ4n) is 6.06. The molecule has 0 saturated heterocycles. The summed E-state index contributed by atoms with van der Waals surface area (Å²) in [6, 6.07) is 41.1. The van der Waals surface area contributed by atoms with Gasteiger partial charge in [0, 0.05) is 12.1 Å². The van der Waals surface area contributed by atoms with Gasteiger partial charge in [-0.15, -0.1) is 22.7 Å². The van der Waals surface area contributed by atoms with E-state index in [9.17, 15) is 0 Å². The number of nitrogens with zero attached hydrogens (tertiary/aromatic N) is 4. The van der Waals surface area contributed by atoms with Crippen molar-refractivity contribution in [3.05, 3.63) is 154 Å². The first kappa shape index (κ1) is 28.1. The summed E-state index contributed by atoms with van der Waals surface area (Å²) in [5.74, 6) is 0.971. The van der Waals surface area contributed by atoms with Crippen LogP contribution < -0.4 is 4.74 Å². The van der Waals surface area contributed by atoms with Crippen molar-refractivity contribution in [2.75, 3.05) is 0 Å². The fourth-order valence-corrected chi connectivity index (χ4v) is 6.06. The van der Waals surface area contributed by atoms with Gasteiger partial charge in [0.1, 0.15) is 0 Å². The molecule has 0 unspecified atom stereocenters. The normalized spacial score (nSPS) is 12.8. The van der Waals surface area contributed by atoms with Crippen LogP contribution in [0.3, 0.4) is 0 Å². The molecule has 0 bridgehead atoms. The topological polar surface area (TPSA) is 63.2 Å². The summed E-state index contributed by atoms with van der Waals surface area (Å²) in [6.45, 7) is 0. The average molecular weight is 752 g/mol. The van der Waals surface area contributed by atoms with Crippen LogP contribution in [0.2, 0.25) is 0 Å². The van der Waals surface area contributed by atoms with Gasteiger partial charge < -0.3 is 15.4 Å². The van der Waals surface area contributed by atoms with E-state index in [2.05, 4.69) is 72.8 Å². The molecule has 0 fully saturated rings. The van der Waals surface area contributed by atoms with Gasteiger partial charge in [0.05, 0.1) is 11.4 Å². The Balaban J connectivity index is 0.00000312. The van der Waals surface area contributed by atoms with Crippen molar-refractivity contribution < 1.29 is 25.8 Å². The first-order valence-electron chi connectivity index (χ1n) is 14.7. The van der Waals surface area contributed by atoms with E-state index in [1.165, 1.54) is 22.3 Å². The van der Waals surface area contributed by atoms with Gasteiger partial charge in [0.2, 0.25) is 11.8 Å². The van der Waals surface area contributed by atoms with E-state index in [4.69, 9.17) is 25.3 Å². The van der Waals surface area contributed by atoms with Crippen LogP contribution in [0, 0.1) is 0 Å². The molecule has 0 N–H and O–H groups in total. The molecule has 0 spiro atoms. The Kier molecular flexibility index (Phi) is 7.72. The molecule has 0 radical (unpaired) electrons. The Morgan fingerprint density at radius 3 is 1.34 bits per heavy atom. The Morgan fingerprint density at radius 1 is 0.432 bits per heavy atom. The van der Waals surface area contributed by atoms with Gasteiger partial charge in [-0.25, -0.2) is 9.97 Å². The minimum Gasteiger partial charge on any atom is -0.657 e. The molecule has 216 valence electrons. The molecule has 8 rings (SSSR count). The third-order valence-corrected chi connectivity index (χ3v) is 8.22. The maximum atomic E-state index is 6.27. The number of para-hydroxylation sites is 4. The first-order valence-corrected chi connectivity index (χ1v) is 14.7. The summed E-state index contributed by atoms with van der Waals surface area (Å²) >= 11 is 0. The van der Waals surface area contributed by atoms with E-state index >= 15 is 0 Å². The Labute approximate surface area is 271 Å². The monoisotopic (exact) mass is 751 g/mol. The zero-order valence-electron chi connectivity index (χ0n) is 23.9. The molecule has 0 atom stereocenters. The summed E-state index contributed by atoms with van der Waals surface area (Å²) in [7, 11) is 0. The molecule has 44 heavy (non-hydrogen) atoms. The number of rotatable bonds is 4. The maximum absolute atomic E-state index is 6.27. The van der Waals surface area contributed by atoms with Gasteiger partial charge in [-0.1, -0.05) is 119 Å². The second-order valence-corrected chi connectivity index (χ2v) is 10.9. The van der Waals surface area contributed by atoms with Gasteiger partial charge in [0.25, 0.3) is 0 Å². The van der Waals surface area contributed by atoms with E-state index in [-0.39, 0.29) is 21.1 Å². The van der Waals surface area contributed by atoms with E-state index in [1.54, 1.807) is 0 Å². The number of ether oxygens (including phenoxy) is 1. The molecule has 2 aliphatic rings. The third-order valence-electron chi connectivity index (χ3n) is 8.22. The summed E-state index contributed by atoms with van der Waals surface area (Å²) in [5.41, 5.74) is 12.6. The molecule has 0 amide bonds. The van der Waals surface area contributed by atoms with Crippen LogP contribution in [0.5, 0.6) is 11.8 Å². The molecule has 4 aromatic carbocycles. The molecule has 0 saturated carbocycles. The molecule has 6 aromatic rings. The molecule has 2 aromatic heterocycles. The molecule has 5 nitrogen and oxygen atoms in total. The quantitative estimate of drug-likeness (QED) is 0.180. The number of aryl methyl sites for hydroxylation is 4. The van der Waals surface area contributed by atoms with E-state index < -0.39 is 0 Å².